The maximum Gasteiger partial charge on any atom is 0.416 e. The van der Waals surface area contributed by atoms with Crippen molar-refractivity contribution in [1.82, 2.24) is 4.90 Å². The van der Waals surface area contributed by atoms with E-state index in [9.17, 15) is 26.4 Å². The second-order valence-electron chi connectivity index (χ2n) is 5.84. The highest BCUT2D eigenvalue weighted by atomic mass is 32.2. The van der Waals surface area contributed by atoms with Gasteiger partial charge in [0.25, 0.3) is 0 Å². The molecule has 0 radical (unpaired) electrons. The van der Waals surface area contributed by atoms with E-state index in [0.29, 0.717) is 0 Å². The lowest BCUT2D eigenvalue weighted by Crippen LogP contribution is -2.33. The summed E-state index contributed by atoms with van der Waals surface area (Å²) in [5, 5.41) is 8.58. The van der Waals surface area contributed by atoms with E-state index in [2.05, 4.69) is 0 Å². The SMILES string of the molecule is O=C(O)CS(=O)(=O)CCN(Cc1ccccc1C(F)(F)F)C1CC1. The Morgan fingerprint density at radius 2 is 1.88 bits per heavy atom. The molecular formula is C15H18F3NO4S. The number of nitrogens with zero attached hydrogens (tertiary/aromatic N) is 1. The minimum absolute atomic E-state index is 0.0110. The van der Waals surface area contributed by atoms with Gasteiger partial charge in [-0.1, -0.05) is 18.2 Å². The van der Waals surface area contributed by atoms with Crippen molar-refractivity contribution in [2.24, 2.45) is 0 Å². The van der Waals surface area contributed by atoms with Crippen LogP contribution in [0.3, 0.4) is 0 Å². The first-order chi connectivity index (χ1) is 11.1. The Balaban J connectivity index is 2.09. The van der Waals surface area contributed by atoms with E-state index >= 15 is 0 Å². The van der Waals surface area contributed by atoms with Crippen LogP contribution >= 0.6 is 0 Å². The maximum absolute atomic E-state index is 13.1. The first kappa shape index (κ1) is 18.7. The summed E-state index contributed by atoms with van der Waals surface area (Å²) in [6.07, 6.45) is -2.87. The third-order valence-electron chi connectivity index (χ3n) is 3.79. The van der Waals surface area contributed by atoms with Crippen LogP contribution in [0.25, 0.3) is 0 Å². The first-order valence-corrected chi connectivity index (χ1v) is 9.22. The molecule has 2 rings (SSSR count). The molecule has 24 heavy (non-hydrogen) atoms. The molecule has 0 saturated heterocycles. The van der Waals surface area contributed by atoms with Crippen LogP contribution in [0.1, 0.15) is 24.0 Å². The van der Waals surface area contributed by atoms with Gasteiger partial charge < -0.3 is 5.11 Å². The molecule has 1 saturated carbocycles. The van der Waals surface area contributed by atoms with E-state index in [1.807, 2.05) is 0 Å². The van der Waals surface area contributed by atoms with Gasteiger partial charge in [-0.15, -0.1) is 0 Å². The van der Waals surface area contributed by atoms with Crippen LogP contribution in [-0.4, -0.2) is 48.5 Å². The number of alkyl halides is 3. The van der Waals surface area contributed by atoms with Crippen molar-refractivity contribution in [3.8, 4) is 0 Å². The summed E-state index contributed by atoms with van der Waals surface area (Å²) >= 11 is 0. The van der Waals surface area contributed by atoms with E-state index < -0.39 is 33.3 Å². The average Bonchev–Trinajstić information content (AvgIpc) is 3.26. The second kappa shape index (κ2) is 7.10. The minimum atomic E-state index is -4.47. The molecule has 1 fully saturated rings. The number of rotatable bonds is 8. The van der Waals surface area contributed by atoms with Crippen molar-refractivity contribution < 1.29 is 31.5 Å². The number of halogens is 3. The van der Waals surface area contributed by atoms with E-state index in [0.717, 1.165) is 18.9 Å². The molecule has 0 aliphatic heterocycles. The van der Waals surface area contributed by atoms with Crippen molar-refractivity contribution in [2.75, 3.05) is 18.1 Å². The van der Waals surface area contributed by atoms with Crippen molar-refractivity contribution in [2.45, 2.75) is 31.6 Å². The molecule has 0 atom stereocenters. The van der Waals surface area contributed by atoms with E-state index in [-0.39, 0.29) is 30.4 Å². The number of benzene rings is 1. The molecule has 0 heterocycles. The van der Waals surface area contributed by atoms with Crippen molar-refractivity contribution >= 4 is 15.8 Å². The highest BCUT2D eigenvalue weighted by Crippen LogP contribution is 2.34. The zero-order valence-electron chi connectivity index (χ0n) is 12.8. The fourth-order valence-corrected chi connectivity index (χ4v) is 3.53. The summed E-state index contributed by atoms with van der Waals surface area (Å²) in [5.74, 6) is -2.79. The number of carboxylic acids is 1. The predicted octanol–water partition coefficient (Wildman–Crippen LogP) is 2.17. The number of aliphatic carboxylic acids is 1. The number of hydrogen-bond donors (Lipinski definition) is 1. The van der Waals surface area contributed by atoms with Crippen LogP contribution in [0.15, 0.2) is 24.3 Å². The van der Waals surface area contributed by atoms with Gasteiger partial charge >= 0.3 is 12.1 Å². The highest BCUT2D eigenvalue weighted by molar-refractivity contribution is 7.92. The summed E-state index contributed by atoms with van der Waals surface area (Å²) in [6.45, 7) is 0.00934. The molecule has 9 heteroatoms. The standard InChI is InChI=1S/C15H18F3NO4S/c16-15(17,18)13-4-2-1-3-11(13)9-19(12-5-6-12)7-8-24(22,23)10-14(20)21/h1-4,12H,5-10H2,(H,20,21). The Bertz CT molecular complexity index is 699. The van der Waals surface area contributed by atoms with Crippen LogP contribution in [0.2, 0.25) is 0 Å². The molecule has 1 aromatic rings. The van der Waals surface area contributed by atoms with Crippen LogP contribution in [0, 0.1) is 0 Å². The fourth-order valence-electron chi connectivity index (χ4n) is 2.50. The number of hydrogen-bond acceptors (Lipinski definition) is 4. The summed E-state index contributed by atoms with van der Waals surface area (Å²) in [6, 6.07) is 5.25. The molecule has 1 aliphatic rings. The van der Waals surface area contributed by atoms with Crippen LogP contribution in [0.4, 0.5) is 13.2 Å². The van der Waals surface area contributed by atoms with Gasteiger partial charge in [-0.25, -0.2) is 8.42 Å². The minimum Gasteiger partial charge on any atom is -0.480 e. The Morgan fingerprint density at radius 3 is 2.42 bits per heavy atom. The molecule has 5 nitrogen and oxygen atoms in total. The Labute approximate surface area is 138 Å². The summed E-state index contributed by atoms with van der Waals surface area (Å²) in [7, 11) is -3.78. The first-order valence-electron chi connectivity index (χ1n) is 7.40. The quantitative estimate of drug-likeness (QED) is 0.764. The van der Waals surface area contributed by atoms with E-state index in [4.69, 9.17) is 5.11 Å². The topological polar surface area (TPSA) is 74.7 Å². The molecule has 0 amide bonds. The lowest BCUT2D eigenvalue weighted by atomic mass is 10.1. The third-order valence-corrected chi connectivity index (χ3v) is 5.28. The van der Waals surface area contributed by atoms with E-state index in [1.54, 1.807) is 4.90 Å². The molecule has 1 N–H and O–H groups in total. The molecule has 0 spiro atoms. The lowest BCUT2D eigenvalue weighted by Gasteiger charge is -2.23. The van der Waals surface area contributed by atoms with Crippen LogP contribution in [-0.2, 0) is 27.4 Å². The van der Waals surface area contributed by atoms with Gasteiger partial charge in [0, 0.05) is 19.1 Å². The van der Waals surface area contributed by atoms with Gasteiger partial charge in [0.05, 0.1) is 11.3 Å². The maximum atomic E-state index is 13.1. The van der Waals surface area contributed by atoms with Crippen LogP contribution < -0.4 is 0 Å². The van der Waals surface area contributed by atoms with E-state index in [1.165, 1.54) is 18.2 Å². The summed E-state index contributed by atoms with van der Waals surface area (Å²) in [5.41, 5.74) is -0.642. The highest BCUT2D eigenvalue weighted by Gasteiger charge is 2.35. The Hall–Kier alpha value is -1.61. The van der Waals surface area contributed by atoms with Crippen LogP contribution in [0.5, 0.6) is 0 Å². The second-order valence-corrected chi connectivity index (χ2v) is 8.03. The monoisotopic (exact) mass is 365 g/mol. The Kier molecular flexibility index (Phi) is 5.54. The number of sulfone groups is 1. The van der Waals surface area contributed by atoms with Gasteiger partial charge in [-0.05, 0) is 24.5 Å². The summed E-state index contributed by atoms with van der Waals surface area (Å²) < 4.78 is 62.5. The molecule has 134 valence electrons. The largest absolute Gasteiger partial charge is 0.480 e. The molecule has 1 aliphatic carbocycles. The van der Waals surface area contributed by atoms with Gasteiger partial charge in [-0.3, -0.25) is 9.69 Å². The molecule has 0 aromatic heterocycles. The lowest BCUT2D eigenvalue weighted by molar-refractivity contribution is -0.138. The van der Waals surface area contributed by atoms with Gasteiger partial charge in [0.1, 0.15) is 5.75 Å². The van der Waals surface area contributed by atoms with Gasteiger partial charge in [0.2, 0.25) is 0 Å². The summed E-state index contributed by atoms with van der Waals surface area (Å²) in [4.78, 5) is 12.2. The third kappa shape index (κ3) is 5.48. The van der Waals surface area contributed by atoms with Crippen molar-refractivity contribution in [3.63, 3.8) is 0 Å². The van der Waals surface area contributed by atoms with Crippen molar-refractivity contribution in [1.29, 1.82) is 0 Å². The number of carbonyl (C=O) groups is 1. The zero-order chi connectivity index (χ0) is 18.0. The molecule has 0 bridgehead atoms. The molecule has 0 unspecified atom stereocenters. The Morgan fingerprint density at radius 1 is 1.25 bits per heavy atom. The molecular weight excluding hydrogens is 347 g/mol. The smallest absolute Gasteiger partial charge is 0.416 e. The van der Waals surface area contributed by atoms with Crippen molar-refractivity contribution in [3.05, 3.63) is 35.4 Å². The fraction of sp³-hybridized carbons (Fsp3) is 0.533. The zero-order valence-corrected chi connectivity index (χ0v) is 13.6. The normalized spacial score (nSPS) is 15.7. The van der Waals surface area contributed by atoms with Gasteiger partial charge in [0.15, 0.2) is 9.84 Å². The average molecular weight is 365 g/mol. The predicted molar refractivity (Wildman–Crippen MR) is 81.2 cm³/mol. The number of carboxylic acid groups (broad SMARTS) is 1. The van der Waals surface area contributed by atoms with Gasteiger partial charge in [-0.2, -0.15) is 13.2 Å². The molecule has 1 aromatic carbocycles.